The van der Waals surface area contributed by atoms with Gasteiger partial charge >= 0.3 is 0 Å². The summed E-state index contributed by atoms with van der Waals surface area (Å²) in [5, 5.41) is 1.57. The van der Waals surface area contributed by atoms with Gasteiger partial charge in [0.1, 0.15) is 24.8 Å². The van der Waals surface area contributed by atoms with Gasteiger partial charge in [0.15, 0.2) is 11.5 Å². The molecule has 3 aromatic rings. The molecule has 1 N–H and O–H groups in total. The lowest BCUT2D eigenvalue weighted by Gasteiger charge is -2.14. The van der Waals surface area contributed by atoms with Gasteiger partial charge in [-0.25, -0.2) is 8.78 Å². The smallest absolute Gasteiger partial charge is 0.294 e. The van der Waals surface area contributed by atoms with Gasteiger partial charge in [0.25, 0.3) is 11.1 Å². The molecule has 1 saturated heterocycles. The molecule has 0 radical (unpaired) electrons. The lowest BCUT2D eigenvalue weighted by atomic mass is 10.2. The number of pyridine rings is 1. The molecule has 2 heterocycles. The minimum Gasteiger partial charge on any atom is -0.493 e. The number of benzene rings is 2. The first-order valence-corrected chi connectivity index (χ1v) is 12.3. The van der Waals surface area contributed by atoms with E-state index >= 15 is 0 Å². The van der Waals surface area contributed by atoms with Crippen LogP contribution in [0.1, 0.15) is 11.3 Å². The molecular weight excluding hydrogens is 572 g/mol. The third kappa shape index (κ3) is 6.33. The Morgan fingerprint density at radius 3 is 2.70 bits per heavy atom. The SMILES string of the molecule is COc1cc(/C=C2/SC(=O)N(CC(=O)Nc3ccc(F)cc3F)C2=O)cc(Br)c1OCc1ccccn1. The van der Waals surface area contributed by atoms with E-state index in [9.17, 15) is 23.2 Å². The predicted octanol–water partition coefficient (Wildman–Crippen LogP) is 5.38. The van der Waals surface area contributed by atoms with Crippen molar-refractivity contribution in [1.29, 1.82) is 0 Å². The monoisotopic (exact) mass is 589 g/mol. The van der Waals surface area contributed by atoms with E-state index < -0.39 is 35.2 Å². The van der Waals surface area contributed by atoms with Crippen LogP contribution in [0.4, 0.5) is 19.3 Å². The molecule has 8 nitrogen and oxygen atoms in total. The van der Waals surface area contributed by atoms with E-state index in [1.54, 1.807) is 24.4 Å². The van der Waals surface area contributed by atoms with Gasteiger partial charge in [0, 0.05) is 12.3 Å². The van der Waals surface area contributed by atoms with Gasteiger partial charge in [0.2, 0.25) is 5.91 Å². The van der Waals surface area contributed by atoms with Gasteiger partial charge in [-0.15, -0.1) is 0 Å². The Hall–Kier alpha value is -3.77. The summed E-state index contributed by atoms with van der Waals surface area (Å²) in [5.74, 6) is -2.46. The van der Waals surface area contributed by atoms with Crippen molar-refractivity contribution in [3.05, 3.63) is 87.0 Å². The van der Waals surface area contributed by atoms with Crippen LogP contribution >= 0.6 is 27.7 Å². The second-order valence-electron chi connectivity index (χ2n) is 7.58. The number of amides is 3. The number of carbonyl (C=O) groups is 3. The first-order chi connectivity index (χ1) is 17.7. The summed E-state index contributed by atoms with van der Waals surface area (Å²) in [6, 6.07) is 11.4. The second-order valence-corrected chi connectivity index (χ2v) is 9.43. The van der Waals surface area contributed by atoms with Gasteiger partial charge in [-0.3, -0.25) is 24.3 Å². The molecule has 0 unspecified atom stereocenters. The molecule has 37 heavy (non-hydrogen) atoms. The van der Waals surface area contributed by atoms with E-state index in [2.05, 4.69) is 26.2 Å². The van der Waals surface area contributed by atoms with Crippen molar-refractivity contribution in [1.82, 2.24) is 9.88 Å². The molecule has 3 amide bonds. The third-order valence-corrected chi connectivity index (χ3v) is 6.52. The highest BCUT2D eigenvalue weighted by Gasteiger charge is 2.36. The van der Waals surface area contributed by atoms with Gasteiger partial charge in [-0.2, -0.15) is 0 Å². The van der Waals surface area contributed by atoms with Crippen molar-refractivity contribution in [2.75, 3.05) is 19.0 Å². The summed E-state index contributed by atoms with van der Waals surface area (Å²) in [6.07, 6.45) is 3.14. The largest absolute Gasteiger partial charge is 0.493 e. The molecule has 1 fully saturated rings. The number of thioether (sulfide) groups is 1. The Labute approximate surface area is 222 Å². The lowest BCUT2D eigenvalue weighted by Crippen LogP contribution is -2.36. The number of anilines is 1. The van der Waals surface area contributed by atoms with Crippen LogP contribution < -0.4 is 14.8 Å². The molecule has 0 spiro atoms. The highest BCUT2D eigenvalue weighted by atomic mass is 79.9. The number of imide groups is 1. The summed E-state index contributed by atoms with van der Waals surface area (Å²) < 4.78 is 38.7. The lowest BCUT2D eigenvalue weighted by molar-refractivity contribution is -0.127. The summed E-state index contributed by atoms with van der Waals surface area (Å²) in [7, 11) is 1.47. The predicted molar refractivity (Wildman–Crippen MR) is 137 cm³/mol. The molecule has 2 aromatic carbocycles. The molecule has 4 rings (SSSR count). The maximum atomic E-state index is 13.8. The first-order valence-electron chi connectivity index (χ1n) is 10.7. The van der Waals surface area contributed by atoms with Gasteiger partial charge in [0.05, 0.1) is 27.9 Å². The van der Waals surface area contributed by atoms with Crippen molar-refractivity contribution in [2.24, 2.45) is 0 Å². The first kappa shape index (κ1) is 26.3. The Bertz CT molecular complexity index is 1400. The van der Waals surface area contributed by atoms with Gasteiger partial charge in [-0.05, 0) is 75.7 Å². The highest BCUT2D eigenvalue weighted by molar-refractivity contribution is 9.10. The minimum atomic E-state index is -0.977. The number of hydrogen-bond acceptors (Lipinski definition) is 7. The number of methoxy groups -OCH3 is 1. The molecule has 0 bridgehead atoms. The summed E-state index contributed by atoms with van der Waals surface area (Å²) in [6.45, 7) is -0.427. The molecule has 0 atom stereocenters. The molecule has 1 aliphatic heterocycles. The van der Waals surface area contributed by atoms with Crippen molar-refractivity contribution in [3.63, 3.8) is 0 Å². The number of rotatable bonds is 8. The summed E-state index contributed by atoms with van der Waals surface area (Å²) in [5.41, 5.74) is 0.994. The summed E-state index contributed by atoms with van der Waals surface area (Å²) >= 11 is 4.10. The molecule has 0 aliphatic carbocycles. The minimum absolute atomic E-state index is 0.0851. The van der Waals surface area contributed by atoms with E-state index in [4.69, 9.17) is 9.47 Å². The fourth-order valence-electron chi connectivity index (χ4n) is 3.30. The molecule has 1 aromatic heterocycles. The van der Waals surface area contributed by atoms with E-state index in [0.717, 1.165) is 22.7 Å². The highest BCUT2D eigenvalue weighted by Crippen LogP contribution is 2.39. The molecular formula is C25H18BrF2N3O5S. The van der Waals surface area contributed by atoms with Gasteiger partial charge in [-0.1, -0.05) is 6.07 Å². The number of hydrogen-bond donors (Lipinski definition) is 1. The maximum Gasteiger partial charge on any atom is 0.294 e. The van der Waals surface area contributed by atoms with Crippen LogP contribution in [0.15, 0.2) is 64.1 Å². The van der Waals surface area contributed by atoms with Crippen LogP contribution in [-0.2, 0) is 16.2 Å². The van der Waals surface area contributed by atoms with Crippen LogP contribution in [-0.4, -0.2) is 40.6 Å². The van der Waals surface area contributed by atoms with Crippen molar-refractivity contribution < 1.29 is 32.6 Å². The Kier molecular flexibility index (Phi) is 8.19. The van der Waals surface area contributed by atoms with Crippen LogP contribution in [0.25, 0.3) is 6.08 Å². The standard InChI is InChI=1S/C25H18BrF2N3O5S/c1-35-20-9-14(8-17(26)23(20)36-13-16-4-2-3-7-29-16)10-21-24(33)31(25(34)37-21)12-22(32)30-19-6-5-15(27)11-18(19)28/h2-11H,12-13H2,1H3,(H,30,32)/b21-10+. The van der Waals surface area contributed by atoms with Crippen LogP contribution in [0.5, 0.6) is 11.5 Å². The zero-order valence-corrected chi connectivity index (χ0v) is 21.6. The molecule has 190 valence electrons. The van der Waals surface area contributed by atoms with E-state index in [1.165, 1.54) is 13.2 Å². The van der Waals surface area contributed by atoms with E-state index in [-0.39, 0.29) is 17.2 Å². The molecule has 1 aliphatic rings. The fourth-order valence-corrected chi connectivity index (χ4v) is 4.72. The molecule has 0 saturated carbocycles. The maximum absolute atomic E-state index is 13.8. The zero-order chi connectivity index (χ0) is 26.5. The van der Waals surface area contributed by atoms with E-state index in [1.807, 2.05) is 12.1 Å². The number of nitrogens with one attached hydrogen (secondary N) is 1. The second kappa shape index (κ2) is 11.5. The third-order valence-electron chi connectivity index (χ3n) is 5.02. The number of carbonyl (C=O) groups excluding carboxylic acids is 3. The number of ether oxygens (including phenoxy) is 2. The van der Waals surface area contributed by atoms with Crippen molar-refractivity contribution >= 4 is 56.5 Å². The number of halogens is 3. The van der Waals surface area contributed by atoms with Crippen LogP contribution in [0.2, 0.25) is 0 Å². The van der Waals surface area contributed by atoms with Crippen LogP contribution in [0, 0.1) is 11.6 Å². The molecule has 12 heteroatoms. The quantitative estimate of drug-likeness (QED) is 0.352. The van der Waals surface area contributed by atoms with Crippen molar-refractivity contribution in [3.8, 4) is 11.5 Å². The van der Waals surface area contributed by atoms with E-state index in [0.29, 0.717) is 39.4 Å². The topological polar surface area (TPSA) is 97.8 Å². The average Bonchev–Trinajstić information content (AvgIpc) is 3.12. The van der Waals surface area contributed by atoms with Gasteiger partial charge < -0.3 is 14.8 Å². The average molecular weight is 590 g/mol. The van der Waals surface area contributed by atoms with Crippen molar-refractivity contribution in [2.45, 2.75) is 6.61 Å². The fraction of sp³-hybridized carbons (Fsp3) is 0.120. The summed E-state index contributed by atoms with van der Waals surface area (Å²) in [4.78, 5) is 42.6. The Morgan fingerprint density at radius 1 is 1.19 bits per heavy atom. The Morgan fingerprint density at radius 2 is 2.00 bits per heavy atom. The zero-order valence-electron chi connectivity index (χ0n) is 19.2. The Balaban J connectivity index is 1.47. The number of aromatic nitrogens is 1. The number of nitrogens with zero attached hydrogens (tertiary/aromatic N) is 2. The van der Waals surface area contributed by atoms with Crippen LogP contribution in [0.3, 0.4) is 0 Å². The normalized spacial score (nSPS) is 14.3.